The first-order valence-corrected chi connectivity index (χ1v) is 7.82. The predicted molar refractivity (Wildman–Crippen MR) is 77.5 cm³/mol. The summed E-state index contributed by atoms with van der Waals surface area (Å²) in [7, 11) is -1.21. The average molecular weight is 304 g/mol. The van der Waals surface area contributed by atoms with Crippen molar-refractivity contribution in [3.8, 4) is 0 Å². The van der Waals surface area contributed by atoms with Crippen LogP contribution in [0.5, 0.6) is 0 Å². The van der Waals surface area contributed by atoms with Gasteiger partial charge in [0.2, 0.25) is 0 Å². The van der Waals surface area contributed by atoms with E-state index in [1.165, 1.54) is 12.1 Å². The number of carboxylic acids is 1. The smallest absolute Gasteiger partial charge is 0.337 e. The Labute approximate surface area is 120 Å². The number of carbonyl (C=O) groups is 1. The van der Waals surface area contributed by atoms with E-state index in [1.54, 1.807) is 6.07 Å². The minimum Gasteiger partial charge on any atom is -0.478 e. The molecule has 0 aliphatic heterocycles. The van der Waals surface area contributed by atoms with Crippen molar-refractivity contribution in [2.45, 2.75) is 18.7 Å². The molecule has 19 heavy (non-hydrogen) atoms. The van der Waals surface area contributed by atoms with Crippen LogP contribution >= 0.6 is 11.6 Å². The van der Waals surface area contributed by atoms with Crippen LogP contribution in [0.1, 0.15) is 24.2 Å². The van der Waals surface area contributed by atoms with E-state index < -0.39 is 16.8 Å². The number of carboxylic acid groups (broad SMARTS) is 1. The standard InChI is InChI=1S/C13H18ClNO3S/c1-3-15(4-2)7-8-19(18)10-5-6-12(14)11(9-10)13(16)17/h5-6,9H,3-4,7-8H2,1-2H3,(H,16,17). The van der Waals surface area contributed by atoms with Crippen LogP contribution in [0.15, 0.2) is 23.1 Å². The zero-order valence-electron chi connectivity index (χ0n) is 11.1. The lowest BCUT2D eigenvalue weighted by atomic mass is 10.2. The zero-order chi connectivity index (χ0) is 14.4. The lowest BCUT2D eigenvalue weighted by Gasteiger charge is -2.17. The molecule has 6 heteroatoms. The van der Waals surface area contributed by atoms with Crippen molar-refractivity contribution in [2.75, 3.05) is 25.4 Å². The highest BCUT2D eigenvalue weighted by Crippen LogP contribution is 2.19. The van der Waals surface area contributed by atoms with Crippen LogP contribution in [0.3, 0.4) is 0 Å². The first kappa shape index (κ1) is 16.1. The molecule has 106 valence electrons. The van der Waals surface area contributed by atoms with E-state index >= 15 is 0 Å². The molecule has 1 aromatic carbocycles. The second kappa shape index (κ2) is 7.62. The van der Waals surface area contributed by atoms with E-state index in [0.717, 1.165) is 19.6 Å². The Kier molecular flexibility index (Phi) is 6.48. The normalized spacial score (nSPS) is 12.6. The third kappa shape index (κ3) is 4.60. The average Bonchev–Trinajstić information content (AvgIpc) is 2.39. The van der Waals surface area contributed by atoms with E-state index in [-0.39, 0.29) is 10.6 Å². The van der Waals surface area contributed by atoms with Gasteiger partial charge in [0.05, 0.1) is 21.4 Å². The van der Waals surface area contributed by atoms with Crippen LogP contribution in [0.2, 0.25) is 5.02 Å². The van der Waals surface area contributed by atoms with Gasteiger partial charge in [0, 0.05) is 17.2 Å². The Morgan fingerprint density at radius 2 is 2.00 bits per heavy atom. The second-order valence-corrected chi connectivity index (χ2v) is 6.00. The Morgan fingerprint density at radius 1 is 1.37 bits per heavy atom. The van der Waals surface area contributed by atoms with Crippen LogP contribution in [0, 0.1) is 0 Å². The van der Waals surface area contributed by atoms with Gasteiger partial charge in [0.15, 0.2) is 0 Å². The summed E-state index contributed by atoms with van der Waals surface area (Å²) in [5, 5.41) is 9.14. The lowest BCUT2D eigenvalue weighted by Crippen LogP contribution is -2.27. The van der Waals surface area contributed by atoms with Gasteiger partial charge in [0.1, 0.15) is 0 Å². The van der Waals surface area contributed by atoms with Gasteiger partial charge < -0.3 is 10.0 Å². The minimum absolute atomic E-state index is 0.00430. The number of aromatic carboxylic acids is 1. The summed E-state index contributed by atoms with van der Waals surface area (Å²) in [6.07, 6.45) is 0. The molecular weight excluding hydrogens is 286 g/mol. The Hall–Kier alpha value is -0.910. The Bertz CT molecular complexity index is 475. The van der Waals surface area contributed by atoms with Gasteiger partial charge in [-0.05, 0) is 31.3 Å². The SMILES string of the molecule is CCN(CC)CCS(=O)c1ccc(Cl)c(C(=O)O)c1. The fraction of sp³-hybridized carbons (Fsp3) is 0.462. The van der Waals surface area contributed by atoms with Gasteiger partial charge in [-0.15, -0.1) is 0 Å². The van der Waals surface area contributed by atoms with Gasteiger partial charge in [-0.1, -0.05) is 25.4 Å². The molecule has 1 N–H and O–H groups in total. The lowest BCUT2D eigenvalue weighted by molar-refractivity contribution is 0.0697. The van der Waals surface area contributed by atoms with Gasteiger partial charge in [0.25, 0.3) is 0 Å². The number of rotatable bonds is 7. The van der Waals surface area contributed by atoms with E-state index in [4.69, 9.17) is 16.7 Å². The minimum atomic E-state index is -1.21. The molecule has 0 saturated carbocycles. The van der Waals surface area contributed by atoms with E-state index in [2.05, 4.69) is 18.7 Å². The maximum absolute atomic E-state index is 12.1. The maximum atomic E-state index is 12.1. The third-order valence-electron chi connectivity index (χ3n) is 2.92. The first-order chi connectivity index (χ1) is 8.99. The molecule has 1 atom stereocenters. The molecule has 0 amide bonds. The third-order valence-corrected chi connectivity index (χ3v) is 4.58. The summed E-state index contributed by atoms with van der Waals surface area (Å²) in [5.41, 5.74) is -0.00430. The highest BCUT2D eigenvalue weighted by molar-refractivity contribution is 7.85. The van der Waals surface area contributed by atoms with Gasteiger partial charge in [-0.3, -0.25) is 4.21 Å². The maximum Gasteiger partial charge on any atom is 0.337 e. The summed E-state index contributed by atoms with van der Waals surface area (Å²) >= 11 is 5.78. The largest absolute Gasteiger partial charge is 0.478 e. The van der Waals surface area contributed by atoms with Crippen LogP contribution in [0.25, 0.3) is 0 Å². The van der Waals surface area contributed by atoms with Crippen LogP contribution in [-0.4, -0.2) is 45.6 Å². The molecule has 0 bridgehead atoms. The highest BCUT2D eigenvalue weighted by atomic mass is 35.5. The summed E-state index contributed by atoms with van der Waals surface area (Å²) in [5.74, 6) is -0.616. The topological polar surface area (TPSA) is 57.6 Å². The molecule has 0 aliphatic carbocycles. The number of hydrogen-bond donors (Lipinski definition) is 1. The summed E-state index contributed by atoms with van der Waals surface area (Å²) < 4.78 is 12.1. The van der Waals surface area contributed by atoms with Crippen LogP contribution in [-0.2, 0) is 10.8 Å². The van der Waals surface area contributed by atoms with Crippen molar-refractivity contribution in [1.82, 2.24) is 4.90 Å². The Balaban J connectivity index is 2.77. The first-order valence-electron chi connectivity index (χ1n) is 6.13. The summed E-state index contributed by atoms with van der Waals surface area (Å²) in [6, 6.07) is 4.49. The van der Waals surface area contributed by atoms with Crippen LogP contribution in [0.4, 0.5) is 0 Å². The van der Waals surface area contributed by atoms with Crippen molar-refractivity contribution < 1.29 is 14.1 Å². The van der Waals surface area contributed by atoms with Gasteiger partial charge in [-0.25, -0.2) is 4.79 Å². The second-order valence-electron chi connectivity index (χ2n) is 4.02. The molecule has 4 nitrogen and oxygen atoms in total. The van der Waals surface area contributed by atoms with Crippen molar-refractivity contribution in [1.29, 1.82) is 0 Å². The molecule has 0 aromatic heterocycles. The number of hydrogen-bond acceptors (Lipinski definition) is 3. The van der Waals surface area contributed by atoms with E-state index in [9.17, 15) is 9.00 Å². The van der Waals surface area contributed by atoms with Crippen molar-refractivity contribution in [2.24, 2.45) is 0 Å². The highest BCUT2D eigenvalue weighted by Gasteiger charge is 2.13. The molecule has 0 heterocycles. The molecule has 0 radical (unpaired) electrons. The molecule has 0 spiro atoms. The molecule has 0 saturated heterocycles. The van der Waals surface area contributed by atoms with Gasteiger partial charge >= 0.3 is 5.97 Å². The van der Waals surface area contributed by atoms with Crippen LogP contribution < -0.4 is 0 Å². The van der Waals surface area contributed by atoms with Crippen molar-refractivity contribution in [3.05, 3.63) is 28.8 Å². The molecule has 1 aromatic rings. The van der Waals surface area contributed by atoms with Crippen molar-refractivity contribution in [3.63, 3.8) is 0 Å². The number of halogens is 1. The molecule has 1 unspecified atom stereocenters. The van der Waals surface area contributed by atoms with E-state index in [0.29, 0.717) is 10.6 Å². The van der Waals surface area contributed by atoms with Crippen molar-refractivity contribution >= 4 is 28.4 Å². The molecule has 0 fully saturated rings. The summed E-state index contributed by atoms with van der Waals surface area (Å²) in [6.45, 7) is 6.66. The molecule has 0 aliphatic rings. The predicted octanol–water partition coefficient (Wildman–Crippen LogP) is 2.49. The quantitative estimate of drug-likeness (QED) is 0.841. The monoisotopic (exact) mass is 303 g/mol. The van der Waals surface area contributed by atoms with E-state index in [1.807, 2.05) is 0 Å². The Morgan fingerprint density at radius 3 is 2.53 bits per heavy atom. The fourth-order valence-electron chi connectivity index (χ4n) is 1.68. The van der Waals surface area contributed by atoms with Gasteiger partial charge in [-0.2, -0.15) is 0 Å². The number of nitrogens with zero attached hydrogens (tertiary/aromatic N) is 1. The molecule has 1 rings (SSSR count). The number of benzene rings is 1. The summed E-state index contributed by atoms with van der Waals surface area (Å²) in [4.78, 5) is 13.6. The zero-order valence-corrected chi connectivity index (χ0v) is 12.6. The fourth-order valence-corrected chi connectivity index (χ4v) is 3.01. The molecular formula is C13H18ClNO3S.